The number of esters is 1. The van der Waals surface area contributed by atoms with Gasteiger partial charge in [-0.1, -0.05) is 25.5 Å². The van der Waals surface area contributed by atoms with Crippen molar-refractivity contribution in [3.8, 4) is 0 Å². The van der Waals surface area contributed by atoms with Gasteiger partial charge in [0.2, 0.25) is 0 Å². The van der Waals surface area contributed by atoms with Crippen LogP contribution in [0.3, 0.4) is 0 Å². The number of hydrogen-bond donors (Lipinski definition) is 0. The number of unbranched alkanes of at least 4 members (excludes halogenated alkanes) is 1. The maximum absolute atomic E-state index is 11.6. The molecule has 0 saturated carbocycles. The molecule has 0 spiro atoms. The first-order chi connectivity index (χ1) is 9.26. The smallest absolute Gasteiger partial charge is 0.325 e. The molecule has 0 fully saturated rings. The molecule has 0 amide bonds. The van der Waals surface area contributed by atoms with E-state index in [4.69, 9.17) is 4.74 Å². The van der Waals surface area contributed by atoms with E-state index in [-0.39, 0.29) is 23.0 Å². The number of carbonyl (C=O) groups is 1. The molecule has 112 valence electrons. The fraction of sp³-hybridized carbons (Fsp3) is 0.533. The van der Waals surface area contributed by atoms with E-state index < -0.39 is 0 Å². The van der Waals surface area contributed by atoms with E-state index in [1.807, 2.05) is 19.1 Å². The summed E-state index contributed by atoms with van der Waals surface area (Å²) in [7, 11) is 0. The van der Waals surface area contributed by atoms with E-state index in [1.54, 1.807) is 0 Å². The normalized spacial score (nSPS) is 12.9. The molecule has 1 aromatic rings. The number of anilines is 2. The summed E-state index contributed by atoms with van der Waals surface area (Å²) in [4.78, 5) is 16.1. The van der Waals surface area contributed by atoms with Crippen LogP contribution in [0.4, 0.5) is 11.4 Å². The molecule has 0 saturated heterocycles. The minimum absolute atomic E-state index is 0. The zero-order valence-electron chi connectivity index (χ0n) is 12.2. The van der Waals surface area contributed by atoms with Gasteiger partial charge in [-0.3, -0.25) is 4.79 Å². The number of halogens is 1. The quantitative estimate of drug-likeness (QED) is 0.743. The third-order valence-electron chi connectivity index (χ3n) is 3.31. The molecule has 0 atom stereocenters. The van der Waals surface area contributed by atoms with Gasteiger partial charge >= 0.3 is 5.97 Å². The van der Waals surface area contributed by atoms with Gasteiger partial charge in [0.25, 0.3) is 0 Å². The summed E-state index contributed by atoms with van der Waals surface area (Å²) < 4.78 is 5.04. The lowest BCUT2D eigenvalue weighted by Crippen LogP contribution is -2.35. The summed E-state index contributed by atoms with van der Waals surface area (Å²) in [5.74, 6) is -0.158. The van der Waals surface area contributed by atoms with Crippen molar-refractivity contribution in [2.45, 2.75) is 26.7 Å². The first-order valence-corrected chi connectivity index (χ1v) is 7.00. The second kappa shape index (κ2) is 8.15. The topological polar surface area (TPSA) is 32.8 Å². The van der Waals surface area contributed by atoms with Crippen molar-refractivity contribution in [1.82, 2.24) is 0 Å². The Labute approximate surface area is 131 Å². The molecule has 1 aliphatic rings. The lowest BCUT2D eigenvalue weighted by atomic mass is 10.2. The van der Waals surface area contributed by atoms with Crippen molar-refractivity contribution in [1.29, 1.82) is 0 Å². The fourth-order valence-electron chi connectivity index (χ4n) is 2.40. The zero-order valence-corrected chi connectivity index (χ0v) is 13.9. The van der Waals surface area contributed by atoms with Crippen molar-refractivity contribution in [3.05, 3.63) is 24.3 Å². The average molecular weight is 343 g/mol. The number of para-hydroxylation sites is 2. The second-order valence-electron chi connectivity index (χ2n) is 4.75. The lowest BCUT2D eigenvalue weighted by Gasteiger charge is -2.20. The van der Waals surface area contributed by atoms with E-state index in [9.17, 15) is 4.79 Å². The SMILES string of the molecule is Br.CCCCN1CN(CC(=O)OCC)c2ccccc21. The van der Waals surface area contributed by atoms with Gasteiger partial charge in [-0.05, 0) is 25.5 Å². The maximum Gasteiger partial charge on any atom is 0.325 e. The number of carbonyl (C=O) groups excluding carboxylic acids is 1. The van der Waals surface area contributed by atoms with Gasteiger partial charge in [0.1, 0.15) is 6.54 Å². The standard InChI is InChI=1S/C15H22N2O2.BrH/c1-3-5-10-16-12-17(11-15(18)19-4-2)14-9-7-6-8-13(14)16;/h6-9H,3-5,10-12H2,1-2H3;1H. The van der Waals surface area contributed by atoms with Crippen molar-refractivity contribution in [2.24, 2.45) is 0 Å². The molecular weight excluding hydrogens is 320 g/mol. The van der Waals surface area contributed by atoms with Crippen molar-refractivity contribution < 1.29 is 9.53 Å². The number of ether oxygens (including phenoxy) is 1. The van der Waals surface area contributed by atoms with Crippen LogP contribution in [0, 0.1) is 0 Å². The largest absolute Gasteiger partial charge is 0.465 e. The third-order valence-corrected chi connectivity index (χ3v) is 3.31. The van der Waals surface area contributed by atoms with Crippen LogP contribution in [0.25, 0.3) is 0 Å². The highest BCUT2D eigenvalue weighted by atomic mass is 79.9. The highest BCUT2D eigenvalue weighted by Gasteiger charge is 2.26. The number of benzene rings is 1. The van der Waals surface area contributed by atoms with Crippen LogP contribution < -0.4 is 9.80 Å². The van der Waals surface area contributed by atoms with E-state index in [0.717, 1.165) is 18.9 Å². The van der Waals surface area contributed by atoms with Gasteiger partial charge in [-0.2, -0.15) is 0 Å². The Kier molecular flexibility index (Phi) is 6.85. The Hall–Kier alpha value is -1.23. The molecule has 20 heavy (non-hydrogen) atoms. The van der Waals surface area contributed by atoms with Crippen LogP contribution in [0.2, 0.25) is 0 Å². The van der Waals surface area contributed by atoms with Gasteiger partial charge in [-0.25, -0.2) is 0 Å². The molecule has 2 rings (SSSR count). The molecule has 0 unspecified atom stereocenters. The predicted molar refractivity (Wildman–Crippen MR) is 87.9 cm³/mol. The van der Waals surface area contributed by atoms with Crippen LogP contribution in [0.15, 0.2) is 24.3 Å². The number of rotatable bonds is 6. The van der Waals surface area contributed by atoms with Crippen LogP contribution in [-0.4, -0.2) is 32.3 Å². The number of fused-ring (bicyclic) bond motifs is 1. The van der Waals surface area contributed by atoms with Gasteiger partial charge < -0.3 is 14.5 Å². The molecular formula is C15H23BrN2O2. The monoisotopic (exact) mass is 342 g/mol. The van der Waals surface area contributed by atoms with Crippen LogP contribution >= 0.6 is 17.0 Å². The molecule has 0 bridgehead atoms. The highest BCUT2D eigenvalue weighted by molar-refractivity contribution is 8.93. The molecule has 1 aliphatic heterocycles. The Morgan fingerprint density at radius 1 is 1.20 bits per heavy atom. The minimum atomic E-state index is -0.158. The summed E-state index contributed by atoms with van der Waals surface area (Å²) in [5, 5.41) is 0. The van der Waals surface area contributed by atoms with Crippen molar-refractivity contribution in [2.75, 3.05) is 36.2 Å². The van der Waals surface area contributed by atoms with Crippen molar-refractivity contribution >= 4 is 34.3 Å². The lowest BCUT2D eigenvalue weighted by molar-refractivity contribution is -0.141. The van der Waals surface area contributed by atoms with E-state index in [2.05, 4.69) is 28.9 Å². The molecule has 5 heteroatoms. The zero-order chi connectivity index (χ0) is 13.7. The molecule has 0 aliphatic carbocycles. The van der Waals surface area contributed by atoms with E-state index >= 15 is 0 Å². The molecule has 0 N–H and O–H groups in total. The summed E-state index contributed by atoms with van der Waals surface area (Å²) >= 11 is 0. The highest BCUT2D eigenvalue weighted by Crippen LogP contribution is 2.35. The number of nitrogens with zero attached hydrogens (tertiary/aromatic N) is 2. The molecule has 4 nitrogen and oxygen atoms in total. The maximum atomic E-state index is 11.6. The van der Waals surface area contributed by atoms with E-state index in [0.29, 0.717) is 13.2 Å². The Balaban J connectivity index is 0.00000200. The second-order valence-corrected chi connectivity index (χ2v) is 4.75. The van der Waals surface area contributed by atoms with Gasteiger partial charge in [0.15, 0.2) is 0 Å². The molecule has 1 aromatic carbocycles. The molecule has 0 radical (unpaired) electrons. The minimum Gasteiger partial charge on any atom is -0.465 e. The predicted octanol–water partition coefficient (Wildman–Crippen LogP) is 3.21. The van der Waals surface area contributed by atoms with E-state index in [1.165, 1.54) is 18.5 Å². The summed E-state index contributed by atoms with van der Waals surface area (Å²) in [5.41, 5.74) is 2.35. The Morgan fingerprint density at radius 2 is 1.85 bits per heavy atom. The summed E-state index contributed by atoms with van der Waals surface area (Å²) in [6.45, 7) is 6.61. The number of hydrogen-bond acceptors (Lipinski definition) is 4. The summed E-state index contributed by atoms with van der Waals surface area (Å²) in [6, 6.07) is 8.25. The van der Waals surface area contributed by atoms with Crippen molar-refractivity contribution in [3.63, 3.8) is 0 Å². The molecule has 0 aromatic heterocycles. The third kappa shape index (κ3) is 3.88. The first-order valence-electron chi connectivity index (χ1n) is 7.00. The average Bonchev–Trinajstić information content (AvgIpc) is 2.75. The van der Waals surface area contributed by atoms with Gasteiger partial charge in [0, 0.05) is 6.54 Å². The van der Waals surface area contributed by atoms with Gasteiger partial charge in [0.05, 0.1) is 24.7 Å². The molecule has 1 heterocycles. The van der Waals surface area contributed by atoms with Crippen LogP contribution in [-0.2, 0) is 9.53 Å². The Bertz CT molecular complexity index is 440. The Morgan fingerprint density at radius 3 is 2.45 bits per heavy atom. The fourth-order valence-corrected chi connectivity index (χ4v) is 2.40. The summed E-state index contributed by atoms with van der Waals surface area (Å²) in [6.07, 6.45) is 2.35. The van der Waals surface area contributed by atoms with Gasteiger partial charge in [-0.15, -0.1) is 17.0 Å². The van der Waals surface area contributed by atoms with Crippen LogP contribution in [0.1, 0.15) is 26.7 Å². The first kappa shape index (κ1) is 16.8. The van der Waals surface area contributed by atoms with Crippen LogP contribution in [0.5, 0.6) is 0 Å².